The van der Waals surface area contributed by atoms with Crippen LogP contribution in [-0.2, 0) is 32.0 Å². The van der Waals surface area contributed by atoms with Crippen LogP contribution in [0.4, 0.5) is 0 Å². The number of aromatic amines is 1. The summed E-state index contributed by atoms with van der Waals surface area (Å²) in [6.07, 6.45) is 3.51. The molecule has 2 aliphatic heterocycles. The van der Waals surface area contributed by atoms with Crippen LogP contribution >= 0.6 is 0 Å². The van der Waals surface area contributed by atoms with Gasteiger partial charge in [-0.2, -0.15) is 0 Å². The Morgan fingerprint density at radius 3 is 2.30 bits per heavy atom. The molecule has 1 aromatic heterocycles. The number of fused-ring (bicyclic) bond motifs is 2. The van der Waals surface area contributed by atoms with Gasteiger partial charge >= 0.3 is 0 Å². The van der Waals surface area contributed by atoms with Crippen molar-refractivity contribution < 1.29 is 19.2 Å². The van der Waals surface area contributed by atoms with Gasteiger partial charge in [-0.25, -0.2) is 0 Å². The second kappa shape index (κ2) is 10.5. The Balaban J connectivity index is 1.47. The number of para-hydroxylation sites is 1. The zero-order chi connectivity index (χ0) is 25.9. The number of nitrogens with zero attached hydrogens (tertiary/aromatic N) is 1. The van der Waals surface area contributed by atoms with Gasteiger partial charge in [0, 0.05) is 36.5 Å². The van der Waals surface area contributed by atoms with Crippen molar-refractivity contribution in [2.75, 3.05) is 6.54 Å². The lowest BCUT2D eigenvalue weighted by Crippen LogP contribution is -2.61. The van der Waals surface area contributed by atoms with Crippen LogP contribution in [0.25, 0.3) is 10.9 Å². The highest BCUT2D eigenvalue weighted by atomic mass is 16.2. The van der Waals surface area contributed by atoms with Crippen LogP contribution in [-0.4, -0.2) is 64.2 Å². The van der Waals surface area contributed by atoms with E-state index in [2.05, 4.69) is 20.9 Å². The van der Waals surface area contributed by atoms with E-state index in [4.69, 9.17) is 0 Å². The second-order valence-corrected chi connectivity index (χ2v) is 9.80. The molecule has 0 aliphatic carbocycles. The summed E-state index contributed by atoms with van der Waals surface area (Å²) < 4.78 is 0. The lowest BCUT2D eigenvalue weighted by molar-refractivity contribution is -0.143. The molecule has 192 valence electrons. The average Bonchev–Trinajstić information content (AvgIpc) is 3.55. The molecule has 0 radical (unpaired) electrons. The highest BCUT2D eigenvalue weighted by Gasteiger charge is 2.39. The molecule has 2 aliphatic rings. The van der Waals surface area contributed by atoms with Gasteiger partial charge in [-0.3, -0.25) is 19.2 Å². The van der Waals surface area contributed by atoms with E-state index >= 15 is 0 Å². The maximum Gasteiger partial charge on any atom is 0.245 e. The molecule has 2 fully saturated rings. The van der Waals surface area contributed by atoms with Gasteiger partial charge in [0.25, 0.3) is 0 Å². The number of aromatic nitrogens is 1. The number of hydrogen-bond acceptors (Lipinski definition) is 4. The van der Waals surface area contributed by atoms with E-state index in [0.29, 0.717) is 19.4 Å². The Labute approximate surface area is 215 Å². The third kappa shape index (κ3) is 5.21. The first-order valence-corrected chi connectivity index (χ1v) is 12.7. The molecular weight excluding hydrogens is 470 g/mol. The minimum Gasteiger partial charge on any atom is -0.361 e. The van der Waals surface area contributed by atoms with E-state index in [-0.39, 0.29) is 24.7 Å². The number of rotatable bonds is 4. The lowest BCUT2D eigenvalue weighted by Gasteiger charge is -2.31. The lowest BCUT2D eigenvalue weighted by atomic mass is 10.0. The maximum atomic E-state index is 13.6. The van der Waals surface area contributed by atoms with E-state index < -0.39 is 36.0 Å². The van der Waals surface area contributed by atoms with Gasteiger partial charge in [0.05, 0.1) is 0 Å². The summed E-state index contributed by atoms with van der Waals surface area (Å²) in [5.74, 6) is -1.54. The number of nitrogens with one attached hydrogen (secondary N) is 4. The molecule has 0 unspecified atom stereocenters. The van der Waals surface area contributed by atoms with Gasteiger partial charge in [0.1, 0.15) is 24.2 Å². The summed E-state index contributed by atoms with van der Waals surface area (Å²) in [6, 6.07) is 13.8. The Morgan fingerprint density at radius 1 is 0.811 bits per heavy atom. The molecule has 5 rings (SSSR count). The Bertz CT molecular complexity index is 1320. The molecule has 0 saturated carbocycles. The minimum absolute atomic E-state index is 0.223. The van der Waals surface area contributed by atoms with Gasteiger partial charge in [0.2, 0.25) is 23.6 Å². The van der Waals surface area contributed by atoms with Crippen LogP contribution < -0.4 is 16.0 Å². The molecular formula is C28H31N5O4. The molecule has 4 N–H and O–H groups in total. The van der Waals surface area contributed by atoms with E-state index in [0.717, 1.165) is 22.0 Å². The Morgan fingerprint density at radius 2 is 1.49 bits per heavy atom. The van der Waals surface area contributed by atoms with Crippen molar-refractivity contribution in [3.63, 3.8) is 0 Å². The van der Waals surface area contributed by atoms with Crippen molar-refractivity contribution in [3.05, 3.63) is 71.9 Å². The average molecular weight is 502 g/mol. The zero-order valence-electron chi connectivity index (χ0n) is 20.7. The highest BCUT2D eigenvalue weighted by molar-refractivity contribution is 5.98. The van der Waals surface area contributed by atoms with Gasteiger partial charge in [-0.15, -0.1) is 0 Å². The first-order valence-electron chi connectivity index (χ1n) is 12.7. The summed E-state index contributed by atoms with van der Waals surface area (Å²) in [7, 11) is 0. The summed E-state index contributed by atoms with van der Waals surface area (Å²) in [5.41, 5.74) is 2.67. The number of carbonyl (C=O) groups is 4. The van der Waals surface area contributed by atoms with Crippen LogP contribution in [0.2, 0.25) is 0 Å². The molecule has 9 heteroatoms. The predicted octanol–water partition coefficient (Wildman–Crippen LogP) is 1.43. The molecule has 37 heavy (non-hydrogen) atoms. The largest absolute Gasteiger partial charge is 0.361 e. The fraction of sp³-hybridized carbons (Fsp3) is 0.357. The summed E-state index contributed by atoms with van der Waals surface area (Å²) >= 11 is 0. The van der Waals surface area contributed by atoms with E-state index in [9.17, 15) is 19.2 Å². The van der Waals surface area contributed by atoms with Crippen molar-refractivity contribution >= 4 is 34.5 Å². The van der Waals surface area contributed by atoms with Crippen molar-refractivity contribution in [1.82, 2.24) is 25.8 Å². The molecule has 3 heterocycles. The van der Waals surface area contributed by atoms with Crippen LogP contribution in [0.1, 0.15) is 30.9 Å². The van der Waals surface area contributed by atoms with Crippen LogP contribution in [0.3, 0.4) is 0 Å². The Hall–Kier alpha value is -4.14. The number of benzene rings is 2. The molecule has 2 aromatic carbocycles. The van der Waals surface area contributed by atoms with Gasteiger partial charge in [-0.1, -0.05) is 48.5 Å². The zero-order valence-corrected chi connectivity index (χ0v) is 20.7. The Kier molecular flexibility index (Phi) is 6.94. The van der Waals surface area contributed by atoms with Gasteiger partial charge in [-0.05, 0) is 37.0 Å². The molecule has 4 amide bonds. The van der Waals surface area contributed by atoms with Crippen LogP contribution in [0.15, 0.2) is 60.8 Å². The number of amides is 4. The molecule has 0 bridgehead atoms. The fourth-order valence-electron chi connectivity index (χ4n) is 5.26. The number of hydrogen-bond donors (Lipinski definition) is 4. The first-order chi connectivity index (χ1) is 17.9. The monoisotopic (exact) mass is 501 g/mol. The highest BCUT2D eigenvalue weighted by Crippen LogP contribution is 2.21. The van der Waals surface area contributed by atoms with Gasteiger partial charge in [0.15, 0.2) is 0 Å². The smallest absolute Gasteiger partial charge is 0.245 e. The van der Waals surface area contributed by atoms with E-state index in [1.165, 1.54) is 4.90 Å². The van der Waals surface area contributed by atoms with Crippen LogP contribution in [0.5, 0.6) is 0 Å². The molecule has 2 saturated heterocycles. The molecule has 0 spiro atoms. The quantitative estimate of drug-likeness (QED) is 0.432. The molecule has 3 aromatic rings. The molecule has 9 nitrogen and oxygen atoms in total. The summed E-state index contributed by atoms with van der Waals surface area (Å²) in [4.78, 5) is 58.2. The fourth-order valence-corrected chi connectivity index (χ4v) is 5.26. The standard InChI is InChI=1S/C28H31N5O4/c1-17-28(37)33-13-7-12-24(33)27(36)32-22(14-18-8-3-2-4-9-18)26(35)31-23(25(34)30-17)15-19-16-29-21-11-6-5-10-20(19)21/h2-6,8-11,16-17,22-24,29H,7,12-15H2,1H3,(H,30,34)(H,31,35)(H,32,36)/t17-,22-,23-,24+/m0/s1. The van der Waals surface area contributed by atoms with Gasteiger partial charge < -0.3 is 25.8 Å². The van der Waals surface area contributed by atoms with Crippen molar-refractivity contribution in [3.8, 4) is 0 Å². The summed E-state index contributed by atoms with van der Waals surface area (Å²) in [6.45, 7) is 2.05. The number of H-pyrrole nitrogens is 1. The van der Waals surface area contributed by atoms with E-state index in [1.54, 1.807) is 6.92 Å². The summed E-state index contributed by atoms with van der Waals surface area (Å²) in [5, 5.41) is 9.49. The van der Waals surface area contributed by atoms with Crippen molar-refractivity contribution in [1.29, 1.82) is 0 Å². The van der Waals surface area contributed by atoms with E-state index in [1.807, 2.05) is 60.8 Å². The SMILES string of the molecule is C[C@@H]1NC(=O)[C@H](Cc2c[nH]c3ccccc23)NC(=O)[C@H](Cc2ccccc2)NC(=O)[C@H]2CCCN2C1=O. The third-order valence-corrected chi connectivity index (χ3v) is 7.22. The van der Waals surface area contributed by atoms with Crippen molar-refractivity contribution in [2.45, 2.75) is 56.8 Å². The third-order valence-electron chi connectivity index (χ3n) is 7.22. The first kappa shape index (κ1) is 24.5. The molecule has 4 atom stereocenters. The second-order valence-electron chi connectivity index (χ2n) is 9.80. The van der Waals surface area contributed by atoms with Crippen LogP contribution in [0, 0.1) is 0 Å². The maximum absolute atomic E-state index is 13.6. The number of carbonyl (C=O) groups excluding carboxylic acids is 4. The normalized spacial score (nSPS) is 25.1. The predicted molar refractivity (Wildman–Crippen MR) is 138 cm³/mol. The van der Waals surface area contributed by atoms with Crippen molar-refractivity contribution in [2.24, 2.45) is 0 Å². The minimum atomic E-state index is -0.939. The topological polar surface area (TPSA) is 123 Å².